The minimum absolute atomic E-state index is 0.569. The van der Waals surface area contributed by atoms with Gasteiger partial charge in [0.2, 0.25) is 5.44 Å². The molecule has 1 unspecified atom stereocenters. The Bertz CT molecular complexity index is 694. The number of aryl methyl sites for hydroxylation is 1. The van der Waals surface area contributed by atoms with Gasteiger partial charge < -0.3 is 10.1 Å². The van der Waals surface area contributed by atoms with Gasteiger partial charge in [-0.05, 0) is 50.7 Å². The van der Waals surface area contributed by atoms with Crippen molar-refractivity contribution in [3.63, 3.8) is 0 Å². The zero-order valence-corrected chi connectivity index (χ0v) is 14.8. The van der Waals surface area contributed by atoms with Crippen LogP contribution in [0.4, 0.5) is 11.4 Å². The van der Waals surface area contributed by atoms with Crippen molar-refractivity contribution in [1.82, 2.24) is 5.32 Å². The third-order valence-electron chi connectivity index (χ3n) is 4.14. The van der Waals surface area contributed by atoms with Gasteiger partial charge >= 0.3 is 0 Å². The van der Waals surface area contributed by atoms with Gasteiger partial charge in [-0.15, -0.1) is 0 Å². The van der Waals surface area contributed by atoms with E-state index < -0.39 is 16.2 Å². The van der Waals surface area contributed by atoms with Crippen molar-refractivity contribution in [1.29, 1.82) is 0 Å². The lowest BCUT2D eigenvalue weighted by molar-refractivity contribution is 0.235. The Hall–Kier alpha value is -1.73. The van der Waals surface area contributed by atoms with Crippen LogP contribution in [0.5, 0.6) is 5.75 Å². The molecule has 130 valence electrons. The summed E-state index contributed by atoms with van der Waals surface area (Å²) in [6.45, 7) is 2.76. The minimum atomic E-state index is -3.15. The standard InChI is InChI=1S/C18H24N2O3S/c1-14-8-6-11-16-18(14)20(15-9-4-3-5-10-15)24(21,22)17(23-16)12-7-13-19-2/h3-6,8-11,17,19,21-22H,7,12-13H2,1-2H3. The van der Waals surface area contributed by atoms with Crippen LogP contribution in [-0.4, -0.2) is 28.1 Å². The molecule has 0 fully saturated rings. The Labute approximate surface area is 144 Å². The topological polar surface area (TPSA) is 65.0 Å². The van der Waals surface area contributed by atoms with Gasteiger partial charge in [0.25, 0.3) is 0 Å². The van der Waals surface area contributed by atoms with E-state index in [0.717, 1.165) is 29.9 Å². The number of nitrogens with one attached hydrogen (secondary N) is 1. The molecule has 2 aromatic rings. The summed E-state index contributed by atoms with van der Waals surface area (Å²) in [5.74, 6) is 0.694. The van der Waals surface area contributed by atoms with E-state index in [-0.39, 0.29) is 0 Å². The molecule has 1 heterocycles. The van der Waals surface area contributed by atoms with Crippen LogP contribution >= 0.6 is 10.8 Å². The summed E-state index contributed by atoms with van der Waals surface area (Å²) in [7, 11) is -1.27. The molecule has 0 aliphatic carbocycles. The lowest BCUT2D eigenvalue weighted by Crippen LogP contribution is -2.39. The van der Waals surface area contributed by atoms with Crippen molar-refractivity contribution < 1.29 is 13.8 Å². The lowest BCUT2D eigenvalue weighted by Gasteiger charge is -2.52. The van der Waals surface area contributed by atoms with Crippen molar-refractivity contribution in [3.05, 3.63) is 54.1 Å². The second-order valence-electron chi connectivity index (χ2n) is 5.91. The van der Waals surface area contributed by atoms with Crippen LogP contribution in [0, 0.1) is 6.92 Å². The number of rotatable bonds is 5. The Morgan fingerprint density at radius 3 is 2.58 bits per heavy atom. The summed E-state index contributed by atoms with van der Waals surface area (Å²) in [5.41, 5.74) is 1.79. The maximum atomic E-state index is 11.0. The summed E-state index contributed by atoms with van der Waals surface area (Å²) < 4.78 is 29.7. The summed E-state index contributed by atoms with van der Waals surface area (Å²) in [4.78, 5) is 0. The first-order chi connectivity index (χ1) is 11.6. The molecule has 0 amide bonds. The number of ether oxygens (including phenoxy) is 1. The Kier molecular flexibility index (Phi) is 5.01. The number of hydrogen-bond acceptors (Lipinski definition) is 5. The highest BCUT2D eigenvalue weighted by Gasteiger charge is 2.41. The second-order valence-corrected chi connectivity index (χ2v) is 7.92. The quantitative estimate of drug-likeness (QED) is 0.694. The number of nitrogens with zero attached hydrogens (tertiary/aromatic N) is 1. The fourth-order valence-electron chi connectivity index (χ4n) is 2.96. The molecule has 3 N–H and O–H groups in total. The van der Waals surface area contributed by atoms with E-state index in [1.165, 1.54) is 0 Å². The SMILES string of the molecule is CNCCCC1Oc2cccc(C)c2N(c2ccccc2)S1(O)O. The molecule has 5 nitrogen and oxygen atoms in total. The predicted molar refractivity (Wildman–Crippen MR) is 100 cm³/mol. The number of para-hydroxylation sites is 2. The van der Waals surface area contributed by atoms with Gasteiger partial charge in [-0.2, -0.15) is 0 Å². The highest BCUT2D eigenvalue weighted by Crippen LogP contribution is 2.62. The van der Waals surface area contributed by atoms with Crippen LogP contribution < -0.4 is 14.4 Å². The van der Waals surface area contributed by atoms with Crippen LogP contribution in [0.25, 0.3) is 0 Å². The zero-order chi connectivity index (χ0) is 17.2. The molecule has 3 rings (SSSR count). The second kappa shape index (κ2) is 7.03. The van der Waals surface area contributed by atoms with E-state index in [2.05, 4.69) is 5.32 Å². The Balaban J connectivity index is 2.06. The maximum Gasteiger partial charge on any atom is 0.206 e. The summed E-state index contributed by atoms with van der Waals surface area (Å²) in [6.07, 6.45) is 1.38. The highest BCUT2D eigenvalue weighted by molar-refractivity contribution is 8.26. The van der Waals surface area contributed by atoms with Crippen molar-refractivity contribution in [3.8, 4) is 5.75 Å². The smallest absolute Gasteiger partial charge is 0.206 e. The summed E-state index contributed by atoms with van der Waals surface area (Å²) in [6, 6.07) is 15.3. The van der Waals surface area contributed by atoms with Gasteiger partial charge in [-0.1, -0.05) is 41.1 Å². The van der Waals surface area contributed by atoms with Crippen LogP contribution in [-0.2, 0) is 0 Å². The Morgan fingerprint density at radius 2 is 1.88 bits per heavy atom. The third-order valence-corrected chi connectivity index (χ3v) is 6.11. The zero-order valence-electron chi connectivity index (χ0n) is 14.0. The molecule has 2 aromatic carbocycles. The van der Waals surface area contributed by atoms with E-state index in [1.54, 1.807) is 4.31 Å². The van der Waals surface area contributed by atoms with Gasteiger partial charge in [-0.3, -0.25) is 9.11 Å². The first-order valence-electron chi connectivity index (χ1n) is 8.09. The van der Waals surface area contributed by atoms with Crippen molar-refractivity contribution in [2.75, 3.05) is 17.9 Å². The lowest BCUT2D eigenvalue weighted by atomic mass is 10.1. The fourth-order valence-corrected chi connectivity index (χ4v) is 4.84. The molecule has 1 aliphatic rings. The molecule has 0 bridgehead atoms. The number of fused-ring (bicyclic) bond motifs is 1. The third kappa shape index (κ3) is 3.10. The molecule has 0 saturated carbocycles. The molecule has 0 saturated heterocycles. The number of benzene rings is 2. The molecular weight excluding hydrogens is 324 g/mol. The number of anilines is 2. The molecule has 0 radical (unpaired) electrons. The van der Waals surface area contributed by atoms with Crippen LogP contribution in [0.15, 0.2) is 48.5 Å². The summed E-state index contributed by atoms with van der Waals surface area (Å²) in [5, 5.41) is 3.08. The van der Waals surface area contributed by atoms with Crippen LogP contribution in [0.1, 0.15) is 18.4 Å². The molecule has 1 atom stereocenters. The molecule has 0 spiro atoms. The van der Waals surface area contributed by atoms with Gasteiger partial charge in [0.15, 0.2) is 0 Å². The van der Waals surface area contributed by atoms with E-state index in [1.807, 2.05) is 62.5 Å². The Morgan fingerprint density at radius 1 is 1.12 bits per heavy atom. The van der Waals surface area contributed by atoms with E-state index in [9.17, 15) is 9.11 Å². The van der Waals surface area contributed by atoms with Crippen LogP contribution in [0.3, 0.4) is 0 Å². The predicted octanol–water partition coefficient (Wildman–Crippen LogP) is 4.52. The highest BCUT2D eigenvalue weighted by atomic mass is 32.3. The van der Waals surface area contributed by atoms with E-state index in [4.69, 9.17) is 4.74 Å². The normalized spacial score (nSPS) is 20.2. The first-order valence-corrected chi connectivity index (χ1v) is 9.65. The maximum absolute atomic E-state index is 11.0. The number of hydrogen-bond donors (Lipinski definition) is 3. The largest absolute Gasteiger partial charge is 0.467 e. The van der Waals surface area contributed by atoms with Crippen LogP contribution in [0.2, 0.25) is 0 Å². The average molecular weight is 348 g/mol. The fraction of sp³-hybridized carbons (Fsp3) is 0.333. The summed E-state index contributed by atoms with van der Waals surface area (Å²) >= 11 is 0. The molecule has 1 aliphatic heterocycles. The molecule has 6 heteroatoms. The monoisotopic (exact) mass is 348 g/mol. The molecule has 24 heavy (non-hydrogen) atoms. The van der Waals surface area contributed by atoms with E-state index >= 15 is 0 Å². The average Bonchev–Trinajstić information content (AvgIpc) is 2.57. The van der Waals surface area contributed by atoms with Crippen molar-refractivity contribution >= 4 is 22.2 Å². The van der Waals surface area contributed by atoms with Gasteiger partial charge in [-0.25, -0.2) is 4.31 Å². The minimum Gasteiger partial charge on any atom is -0.467 e. The van der Waals surface area contributed by atoms with Gasteiger partial charge in [0.05, 0.1) is 5.69 Å². The van der Waals surface area contributed by atoms with E-state index in [0.29, 0.717) is 12.2 Å². The van der Waals surface area contributed by atoms with Crippen molar-refractivity contribution in [2.24, 2.45) is 0 Å². The van der Waals surface area contributed by atoms with Gasteiger partial charge in [0.1, 0.15) is 11.4 Å². The first kappa shape index (κ1) is 17.1. The van der Waals surface area contributed by atoms with Crippen molar-refractivity contribution in [2.45, 2.75) is 25.2 Å². The van der Waals surface area contributed by atoms with Gasteiger partial charge in [0, 0.05) is 6.42 Å². The molecule has 0 aromatic heterocycles. The molecular formula is C18H24N2O3S.